The first-order valence-corrected chi connectivity index (χ1v) is 10.9. The summed E-state index contributed by atoms with van der Waals surface area (Å²) in [6.45, 7) is 1.88. The maximum absolute atomic E-state index is 14.5. The van der Waals surface area contributed by atoms with E-state index in [1.807, 2.05) is 6.92 Å². The largest absolute Gasteiger partial charge is 0.386 e. The molecule has 4 rings (SSSR count). The number of pyridine rings is 1. The molecule has 0 radical (unpaired) electrons. The van der Waals surface area contributed by atoms with Crippen LogP contribution in [0.5, 0.6) is 0 Å². The Balaban J connectivity index is 1.59. The van der Waals surface area contributed by atoms with Gasteiger partial charge in [-0.2, -0.15) is 0 Å². The van der Waals surface area contributed by atoms with Crippen molar-refractivity contribution in [1.29, 1.82) is 0 Å². The average molecular weight is 435 g/mol. The van der Waals surface area contributed by atoms with Crippen LogP contribution in [-0.4, -0.2) is 31.4 Å². The van der Waals surface area contributed by atoms with E-state index in [1.54, 1.807) is 6.07 Å². The van der Waals surface area contributed by atoms with Gasteiger partial charge in [0, 0.05) is 28.2 Å². The second-order valence-corrected chi connectivity index (χ2v) is 9.78. The van der Waals surface area contributed by atoms with Gasteiger partial charge in [0.25, 0.3) is 5.91 Å². The first kappa shape index (κ1) is 20.0. The minimum absolute atomic E-state index is 0.182. The van der Waals surface area contributed by atoms with Crippen molar-refractivity contribution in [2.45, 2.75) is 30.6 Å². The summed E-state index contributed by atoms with van der Waals surface area (Å²) < 4.78 is 26.8. The highest BCUT2D eigenvalue weighted by Crippen LogP contribution is 2.46. The van der Waals surface area contributed by atoms with Crippen LogP contribution in [0.15, 0.2) is 41.5 Å². The summed E-state index contributed by atoms with van der Waals surface area (Å²) in [5.41, 5.74) is 7.00. The van der Waals surface area contributed by atoms with E-state index in [0.29, 0.717) is 16.5 Å². The number of rotatable bonds is 4. The van der Waals surface area contributed by atoms with E-state index in [2.05, 4.69) is 15.3 Å². The lowest BCUT2D eigenvalue weighted by Gasteiger charge is -2.34. The molecule has 2 aromatic rings. The van der Waals surface area contributed by atoms with Crippen molar-refractivity contribution in [3.05, 3.63) is 58.6 Å². The zero-order chi connectivity index (χ0) is 20.8. The summed E-state index contributed by atoms with van der Waals surface area (Å²) in [4.78, 5) is 20.8. The fourth-order valence-electron chi connectivity index (χ4n) is 3.54. The lowest BCUT2D eigenvalue weighted by atomic mass is 10.0. The number of carbonyl (C=O) groups excluding carboxylic acids is 1. The molecule has 1 aromatic carbocycles. The number of amides is 1. The first-order chi connectivity index (χ1) is 13.8. The van der Waals surface area contributed by atoms with Crippen LogP contribution in [0.3, 0.4) is 0 Å². The number of amidine groups is 1. The predicted molar refractivity (Wildman–Crippen MR) is 112 cm³/mol. The molecule has 9 heteroatoms. The van der Waals surface area contributed by atoms with E-state index in [1.165, 1.54) is 30.5 Å². The van der Waals surface area contributed by atoms with Crippen LogP contribution in [-0.2, 0) is 10.8 Å². The first-order valence-electron chi connectivity index (χ1n) is 9.23. The molecule has 0 spiro atoms. The smallest absolute Gasteiger partial charge is 0.274 e. The fraction of sp³-hybridized carbons (Fsp3) is 0.350. The molecule has 2 aliphatic rings. The van der Waals surface area contributed by atoms with Crippen LogP contribution in [0.25, 0.3) is 0 Å². The molecule has 152 valence electrons. The zero-order valence-electron chi connectivity index (χ0n) is 15.7. The highest BCUT2D eigenvalue weighted by atomic mass is 35.5. The van der Waals surface area contributed by atoms with Crippen molar-refractivity contribution in [2.75, 3.05) is 11.1 Å². The van der Waals surface area contributed by atoms with E-state index in [4.69, 9.17) is 17.3 Å². The summed E-state index contributed by atoms with van der Waals surface area (Å²) in [6.07, 6.45) is 3.34. The Morgan fingerprint density at radius 2 is 2.10 bits per heavy atom. The third-order valence-corrected chi connectivity index (χ3v) is 7.85. The summed E-state index contributed by atoms with van der Waals surface area (Å²) in [7, 11) is -1.26. The molecule has 6 nitrogen and oxygen atoms in total. The summed E-state index contributed by atoms with van der Waals surface area (Å²) in [5, 5.41) is 3.11. The lowest BCUT2D eigenvalue weighted by Crippen LogP contribution is -2.51. The molecule has 1 aliphatic heterocycles. The number of benzene rings is 1. The third kappa shape index (κ3) is 3.79. The van der Waals surface area contributed by atoms with Gasteiger partial charge in [-0.15, -0.1) is 0 Å². The molecule has 1 fully saturated rings. The quantitative estimate of drug-likeness (QED) is 0.769. The number of hydrogen-bond acceptors (Lipinski definition) is 5. The minimum Gasteiger partial charge on any atom is -0.386 e. The van der Waals surface area contributed by atoms with Crippen LogP contribution in [0.1, 0.15) is 41.9 Å². The summed E-state index contributed by atoms with van der Waals surface area (Å²) in [6, 6.07) is 6.61. The number of carbonyl (C=O) groups is 1. The lowest BCUT2D eigenvalue weighted by molar-refractivity contribution is 0.102. The Kier molecular flexibility index (Phi) is 5.16. The number of hydrogen-bond donors (Lipinski definition) is 2. The topological polar surface area (TPSA) is 97.4 Å². The Bertz CT molecular complexity index is 1030. The van der Waals surface area contributed by atoms with Gasteiger partial charge in [0.2, 0.25) is 0 Å². The maximum Gasteiger partial charge on any atom is 0.274 e. The maximum atomic E-state index is 14.5. The predicted octanol–water partition coefficient (Wildman–Crippen LogP) is 3.46. The molecule has 29 heavy (non-hydrogen) atoms. The molecule has 0 saturated heterocycles. The molecule has 1 amide bonds. The van der Waals surface area contributed by atoms with Gasteiger partial charge in [-0.25, -0.2) is 9.37 Å². The van der Waals surface area contributed by atoms with Crippen molar-refractivity contribution in [2.24, 2.45) is 16.6 Å². The van der Waals surface area contributed by atoms with Gasteiger partial charge < -0.3 is 11.1 Å². The van der Waals surface area contributed by atoms with Gasteiger partial charge in [0.1, 0.15) is 22.1 Å². The number of nitrogens with one attached hydrogen (secondary N) is 1. The highest BCUT2D eigenvalue weighted by Gasteiger charge is 2.51. The van der Waals surface area contributed by atoms with Crippen molar-refractivity contribution >= 4 is 39.8 Å². The van der Waals surface area contributed by atoms with Gasteiger partial charge in [0.05, 0.1) is 16.8 Å². The van der Waals surface area contributed by atoms with Crippen LogP contribution in [0.2, 0.25) is 5.02 Å². The van der Waals surface area contributed by atoms with Gasteiger partial charge in [-0.3, -0.25) is 14.0 Å². The van der Waals surface area contributed by atoms with Gasteiger partial charge in [-0.05, 0) is 56.0 Å². The van der Waals surface area contributed by atoms with Gasteiger partial charge in [-0.1, -0.05) is 11.6 Å². The molecule has 1 aromatic heterocycles. The van der Waals surface area contributed by atoms with Crippen molar-refractivity contribution < 1.29 is 13.4 Å². The van der Waals surface area contributed by atoms with E-state index in [0.717, 1.165) is 12.8 Å². The number of halogens is 2. The summed E-state index contributed by atoms with van der Waals surface area (Å²) in [5.74, 6) is -0.151. The molecule has 1 aliphatic carbocycles. The van der Waals surface area contributed by atoms with Crippen LogP contribution in [0, 0.1) is 11.7 Å². The van der Waals surface area contributed by atoms with E-state index in [9.17, 15) is 13.4 Å². The van der Waals surface area contributed by atoms with Gasteiger partial charge >= 0.3 is 0 Å². The number of aromatic nitrogens is 1. The minimum atomic E-state index is -1.26. The molecule has 2 heterocycles. The SMILES string of the molecule is CC1(C2CC2)C(N)=NC(c2cc(NC(=O)c3ccc(Cl)cn3)ccc2F)CS1=O. The molecule has 1 saturated carbocycles. The average Bonchev–Trinajstić information content (AvgIpc) is 3.53. The van der Waals surface area contributed by atoms with Crippen molar-refractivity contribution in [1.82, 2.24) is 4.98 Å². The third-order valence-electron chi connectivity index (χ3n) is 5.51. The molecular weight excluding hydrogens is 415 g/mol. The Morgan fingerprint density at radius 3 is 2.72 bits per heavy atom. The fourth-order valence-corrected chi connectivity index (χ4v) is 5.43. The van der Waals surface area contributed by atoms with Crippen LogP contribution < -0.4 is 11.1 Å². The second kappa shape index (κ2) is 7.50. The number of nitrogens with two attached hydrogens (primary N) is 1. The zero-order valence-corrected chi connectivity index (χ0v) is 17.3. The molecule has 3 unspecified atom stereocenters. The van der Waals surface area contributed by atoms with E-state index in [-0.39, 0.29) is 22.9 Å². The highest BCUT2D eigenvalue weighted by molar-refractivity contribution is 7.87. The number of anilines is 1. The van der Waals surface area contributed by atoms with E-state index >= 15 is 0 Å². The Morgan fingerprint density at radius 1 is 1.34 bits per heavy atom. The van der Waals surface area contributed by atoms with Crippen LogP contribution in [0.4, 0.5) is 10.1 Å². The molecule has 3 atom stereocenters. The normalized spacial score (nSPS) is 26.7. The monoisotopic (exact) mass is 434 g/mol. The number of nitrogens with zero attached hydrogens (tertiary/aromatic N) is 2. The molecular formula is C20H20ClFN4O2S. The van der Waals surface area contributed by atoms with Crippen LogP contribution >= 0.6 is 11.6 Å². The van der Waals surface area contributed by atoms with E-state index < -0.39 is 33.3 Å². The standard InChI is InChI=1S/C20H20ClFN4O2S/c1-20(11-2-3-11)19(23)26-17(10-29(20)28)14-8-13(5-6-15(14)22)25-18(27)16-7-4-12(21)9-24-16/h4-9,11,17H,2-3,10H2,1H3,(H2,23,26)(H,25,27). The molecule has 0 bridgehead atoms. The summed E-state index contributed by atoms with van der Waals surface area (Å²) >= 11 is 5.78. The van der Waals surface area contributed by atoms with Crippen molar-refractivity contribution in [3.63, 3.8) is 0 Å². The van der Waals surface area contributed by atoms with Crippen molar-refractivity contribution in [3.8, 4) is 0 Å². The Hall–Kier alpha value is -2.32. The second-order valence-electron chi connectivity index (χ2n) is 7.48. The van der Waals surface area contributed by atoms with Gasteiger partial charge in [0.15, 0.2) is 0 Å². The molecule has 3 N–H and O–H groups in total. The Labute approximate surface area is 175 Å². The number of aliphatic imine (C=N–C) groups is 1.